The number of rotatable bonds is 4. The van der Waals surface area contributed by atoms with E-state index in [-0.39, 0.29) is 5.91 Å². The summed E-state index contributed by atoms with van der Waals surface area (Å²) in [4.78, 5) is 14.8. The standard InChI is InChI=1S/C15H17BrN2O/c1-3-10(2)11-4-6-13(7-5-11)18-15(19)14-8-12(16)9-17-14/h4-10,17H,3H2,1-2H3,(H,18,19). The van der Waals surface area contributed by atoms with Gasteiger partial charge in [-0.15, -0.1) is 0 Å². The lowest BCUT2D eigenvalue weighted by Crippen LogP contribution is -2.12. The maximum atomic E-state index is 11.9. The maximum Gasteiger partial charge on any atom is 0.272 e. The molecule has 0 aliphatic carbocycles. The van der Waals surface area contributed by atoms with E-state index in [1.54, 1.807) is 12.3 Å². The lowest BCUT2D eigenvalue weighted by molar-refractivity contribution is 0.102. The van der Waals surface area contributed by atoms with Crippen LogP contribution >= 0.6 is 15.9 Å². The summed E-state index contributed by atoms with van der Waals surface area (Å²) in [5.74, 6) is 0.408. The zero-order valence-corrected chi connectivity index (χ0v) is 12.6. The van der Waals surface area contributed by atoms with Crippen molar-refractivity contribution in [1.29, 1.82) is 0 Å². The molecule has 2 aromatic rings. The van der Waals surface area contributed by atoms with E-state index in [4.69, 9.17) is 0 Å². The van der Waals surface area contributed by atoms with Gasteiger partial charge in [-0.2, -0.15) is 0 Å². The van der Waals surface area contributed by atoms with Gasteiger partial charge in [-0.1, -0.05) is 26.0 Å². The van der Waals surface area contributed by atoms with E-state index >= 15 is 0 Å². The molecule has 0 saturated carbocycles. The summed E-state index contributed by atoms with van der Waals surface area (Å²) in [6, 6.07) is 9.76. The molecule has 2 N–H and O–H groups in total. The van der Waals surface area contributed by atoms with Crippen LogP contribution in [0.25, 0.3) is 0 Å². The highest BCUT2D eigenvalue weighted by atomic mass is 79.9. The molecule has 2 rings (SSSR count). The van der Waals surface area contributed by atoms with Gasteiger partial charge < -0.3 is 10.3 Å². The molecule has 1 aromatic carbocycles. The summed E-state index contributed by atoms with van der Waals surface area (Å²) in [7, 11) is 0. The lowest BCUT2D eigenvalue weighted by atomic mass is 9.99. The van der Waals surface area contributed by atoms with E-state index in [0.29, 0.717) is 11.6 Å². The molecule has 3 nitrogen and oxygen atoms in total. The van der Waals surface area contributed by atoms with Crippen molar-refractivity contribution in [2.24, 2.45) is 0 Å². The summed E-state index contributed by atoms with van der Waals surface area (Å²) in [5.41, 5.74) is 2.64. The van der Waals surface area contributed by atoms with E-state index in [2.05, 4.69) is 52.2 Å². The van der Waals surface area contributed by atoms with Gasteiger partial charge in [0.1, 0.15) is 5.69 Å². The fourth-order valence-electron chi connectivity index (χ4n) is 1.83. The van der Waals surface area contributed by atoms with E-state index in [1.165, 1.54) is 5.56 Å². The second kappa shape index (κ2) is 6.06. The van der Waals surface area contributed by atoms with E-state index in [1.807, 2.05) is 12.1 Å². The van der Waals surface area contributed by atoms with Crippen molar-refractivity contribution in [3.8, 4) is 0 Å². The number of carbonyl (C=O) groups is 1. The molecule has 0 aliphatic heterocycles. The molecule has 4 heteroatoms. The fourth-order valence-corrected chi connectivity index (χ4v) is 2.17. The molecule has 1 unspecified atom stereocenters. The largest absolute Gasteiger partial charge is 0.356 e. The van der Waals surface area contributed by atoms with Crippen LogP contribution in [0.15, 0.2) is 41.0 Å². The molecule has 100 valence electrons. The third kappa shape index (κ3) is 3.47. The Hall–Kier alpha value is -1.55. The van der Waals surface area contributed by atoms with Gasteiger partial charge in [-0.25, -0.2) is 0 Å². The average molecular weight is 321 g/mol. The Morgan fingerprint density at radius 3 is 2.58 bits per heavy atom. The highest BCUT2D eigenvalue weighted by Crippen LogP contribution is 2.21. The molecule has 1 aromatic heterocycles. The van der Waals surface area contributed by atoms with Crippen LogP contribution in [0.2, 0.25) is 0 Å². The summed E-state index contributed by atoms with van der Waals surface area (Å²) < 4.78 is 0.866. The molecular weight excluding hydrogens is 304 g/mol. The molecule has 1 amide bonds. The molecule has 0 aliphatic rings. The van der Waals surface area contributed by atoms with Crippen molar-refractivity contribution >= 4 is 27.5 Å². The minimum Gasteiger partial charge on any atom is -0.356 e. The number of hydrogen-bond donors (Lipinski definition) is 2. The number of halogens is 1. The number of aromatic nitrogens is 1. The number of nitrogens with one attached hydrogen (secondary N) is 2. The second-order valence-corrected chi connectivity index (χ2v) is 5.53. The monoisotopic (exact) mass is 320 g/mol. The Labute approximate surface area is 121 Å². The predicted octanol–water partition coefficient (Wildman–Crippen LogP) is 4.54. The number of amides is 1. The maximum absolute atomic E-state index is 11.9. The molecule has 0 fully saturated rings. The van der Waals surface area contributed by atoms with Crippen molar-refractivity contribution in [1.82, 2.24) is 4.98 Å². The summed E-state index contributed by atoms with van der Waals surface area (Å²) in [5, 5.41) is 2.86. The average Bonchev–Trinajstić information content (AvgIpc) is 2.85. The van der Waals surface area contributed by atoms with Gasteiger partial charge in [0.15, 0.2) is 0 Å². The van der Waals surface area contributed by atoms with Crippen LogP contribution in [0.4, 0.5) is 5.69 Å². The third-order valence-corrected chi connectivity index (χ3v) is 3.70. The first-order valence-corrected chi connectivity index (χ1v) is 7.14. The molecular formula is C15H17BrN2O. The zero-order valence-electron chi connectivity index (χ0n) is 11.0. The number of hydrogen-bond acceptors (Lipinski definition) is 1. The van der Waals surface area contributed by atoms with E-state index < -0.39 is 0 Å². The van der Waals surface area contributed by atoms with Gasteiger partial charge in [-0.3, -0.25) is 4.79 Å². The summed E-state index contributed by atoms with van der Waals surface area (Å²) in [6.45, 7) is 4.37. The number of H-pyrrole nitrogens is 1. The number of anilines is 1. The van der Waals surface area contributed by atoms with Crippen molar-refractivity contribution < 1.29 is 4.79 Å². The van der Waals surface area contributed by atoms with Gasteiger partial charge in [0.25, 0.3) is 5.91 Å². The van der Waals surface area contributed by atoms with Gasteiger partial charge in [-0.05, 0) is 52.0 Å². The molecule has 0 bridgehead atoms. The van der Waals surface area contributed by atoms with E-state index in [9.17, 15) is 4.79 Å². The first-order chi connectivity index (χ1) is 9.10. The molecule has 1 heterocycles. The molecule has 1 atom stereocenters. The quantitative estimate of drug-likeness (QED) is 0.853. The van der Waals surface area contributed by atoms with Gasteiger partial charge >= 0.3 is 0 Å². The highest BCUT2D eigenvalue weighted by molar-refractivity contribution is 9.10. The first kappa shape index (κ1) is 13.9. The number of benzene rings is 1. The highest BCUT2D eigenvalue weighted by Gasteiger charge is 2.08. The van der Waals surface area contributed by atoms with E-state index in [0.717, 1.165) is 16.6 Å². The van der Waals surface area contributed by atoms with Crippen LogP contribution in [0.3, 0.4) is 0 Å². The van der Waals surface area contributed by atoms with Crippen LogP contribution in [-0.2, 0) is 0 Å². The van der Waals surface area contributed by atoms with Crippen molar-refractivity contribution in [3.05, 3.63) is 52.3 Å². The molecule has 19 heavy (non-hydrogen) atoms. The smallest absolute Gasteiger partial charge is 0.272 e. The van der Waals surface area contributed by atoms with Crippen molar-refractivity contribution in [3.63, 3.8) is 0 Å². The Morgan fingerprint density at radius 2 is 2.05 bits per heavy atom. The minimum atomic E-state index is -0.137. The third-order valence-electron chi connectivity index (χ3n) is 3.24. The Morgan fingerprint density at radius 1 is 1.37 bits per heavy atom. The SMILES string of the molecule is CCC(C)c1ccc(NC(=O)c2cc(Br)c[nH]2)cc1. The Kier molecular flexibility index (Phi) is 4.43. The normalized spacial score (nSPS) is 12.2. The topological polar surface area (TPSA) is 44.9 Å². The Balaban J connectivity index is 2.05. The van der Waals surface area contributed by atoms with Crippen molar-refractivity contribution in [2.75, 3.05) is 5.32 Å². The Bertz CT molecular complexity index is 560. The number of aromatic amines is 1. The van der Waals surface area contributed by atoms with Crippen LogP contribution in [0.1, 0.15) is 42.2 Å². The van der Waals surface area contributed by atoms with Gasteiger partial charge in [0.05, 0.1) is 0 Å². The van der Waals surface area contributed by atoms with Crippen LogP contribution in [0.5, 0.6) is 0 Å². The van der Waals surface area contributed by atoms with Crippen LogP contribution in [0, 0.1) is 0 Å². The lowest BCUT2D eigenvalue weighted by Gasteiger charge is -2.10. The van der Waals surface area contributed by atoms with Gasteiger partial charge in [0.2, 0.25) is 0 Å². The molecule has 0 radical (unpaired) electrons. The predicted molar refractivity (Wildman–Crippen MR) is 81.6 cm³/mol. The molecule has 0 saturated heterocycles. The second-order valence-electron chi connectivity index (χ2n) is 4.62. The molecule has 0 spiro atoms. The van der Waals surface area contributed by atoms with Crippen molar-refractivity contribution in [2.45, 2.75) is 26.2 Å². The fraction of sp³-hybridized carbons (Fsp3) is 0.267. The number of carbonyl (C=O) groups excluding carboxylic acids is 1. The first-order valence-electron chi connectivity index (χ1n) is 6.35. The van der Waals surface area contributed by atoms with Gasteiger partial charge in [0, 0.05) is 16.4 Å². The van der Waals surface area contributed by atoms with Crippen LogP contribution < -0.4 is 5.32 Å². The summed E-state index contributed by atoms with van der Waals surface area (Å²) in [6.07, 6.45) is 2.85. The summed E-state index contributed by atoms with van der Waals surface area (Å²) >= 11 is 3.31. The minimum absolute atomic E-state index is 0.137. The zero-order chi connectivity index (χ0) is 13.8. The van der Waals surface area contributed by atoms with Crippen LogP contribution in [-0.4, -0.2) is 10.9 Å².